The summed E-state index contributed by atoms with van der Waals surface area (Å²) < 4.78 is 11.0. The molecule has 0 bridgehead atoms. The van der Waals surface area contributed by atoms with Crippen LogP contribution in [0, 0.1) is 0 Å². The molecule has 0 radical (unpaired) electrons. The molecule has 0 unspecified atom stereocenters. The van der Waals surface area contributed by atoms with E-state index in [0.29, 0.717) is 44.4 Å². The number of hydrogen-bond acceptors (Lipinski definition) is 6. The maximum Gasteiger partial charge on any atom is 0.303 e. The third kappa shape index (κ3) is 5.15. The second kappa shape index (κ2) is 11.2. The molecule has 3 aromatic carbocycles. The number of halogens is 1. The zero-order valence-corrected chi connectivity index (χ0v) is 22.6. The molecule has 9 nitrogen and oxygen atoms in total. The van der Waals surface area contributed by atoms with Crippen LogP contribution >= 0.6 is 11.6 Å². The Bertz CT molecular complexity index is 1700. The van der Waals surface area contributed by atoms with Crippen LogP contribution in [-0.4, -0.2) is 46.9 Å². The fraction of sp³-hybridized carbons (Fsp3) is 0.200. The maximum atomic E-state index is 13.7. The molecule has 204 valence electrons. The van der Waals surface area contributed by atoms with Crippen molar-refractivity contribution in [1.82, 2.24) is 9.99 Å². The molecule has 0 fully saturated rings. The van der Waals surface area contributed by atoms with Crippen molar-refractivity contribution in [2.24, 2.45) is 5.10 Å². The van der Waals surface area contributed by atoms with E-state index >= 15 is 0 Å². The fourth-order valence-corrected chi connectivity index (χ4v) is 5.18. The fourth-order valence-electron chi connectivity index (χ4n) is 5.01. The van der Waals surface area contributed by atoms with Crippen LogP contribution in [0.15, 0.2) is 76.6 Å². The molecule has 1 atom stereocenters. The number of hydrogen-bond donors (Lipinski definition) is 2. The highest BCUT2D eigenvalue weighted by atomic mass is 35.5. The Balaban J connectivity index is 1.72. The monoisotopic (exact) mass is 559 g/mol. The second-order valence-electron chi connectivity index (χ2n) is 9.27. The predicted molar refractivity (Wildman–Crippen MR) is 152 cm³/mol. The van der Waals surface area contributed by atoms with Crippen molar-refractivity contribution in [2.45, 2.75) is 25.3 Å². The number of hydrazone groups is 1. The number of rotatable bonds is 8. The van der Waals surface area contributed by atoms with Gasteiger partial charge in [0.25, 0.3) is 5.56 Å². The minimum absolute atomic E-state index is 0.178. The summed E-state index contributed by atoms with van der Waals surface area (Å²) in [6, 6.07) is 19.2. The van der Waals surface area contributed by atoms with Crippen molar-refractivity contribution >= 4 is 40.1 Å². The lowest BCUT2D eigenvalue weighted by Crippen LogP contribution is -2.27. The average molecular weight is 560 g/mol. The average Bonchev–Trinajstić information content (AvgIpc) is 3.40. The molecule has 1 aliphatic rings. The van der Waals surface area contributed by atoms with Gasteiger partial charge in [-0.15, -0.1) is 0 Å². The number of carbonyl (C=O) groups is 2. The van der Waals surface area contributed by atoms with Crippen LogP contribution in [0.2, 0.25) is 5.02 Å². The molecule has 5 rings (SSSR count). The van der Waals surface area contributed by atoms with Crippen molar-refractivity contribution in [3.63, 3.8) is 0 Å². The summed E-state index contributed by atoms with van der Waals surface area (Å²) in [6.45, 7) is 0. The summed E-state index contributed by atoms with van der Waals surface area (Å²) in [5.74, 6) is -0.540. The van der Waals surface area contributed by atoms with Crippen LogP contribution in [0.3, 0.4) is 0 Å². The van der Waals surface area contributed by atoms with Crippen LogP contribution in [0.5, 0.6) is 11.5 Å². The Morgan fingerprint density at radius 1 is 1.02 bits per heavy atom. The third-order valence-electron chi connectivity index (χ3n) is 6.84. The number of carbonyl (C=O) groups excluding carboxylic acids is 1. The van der Waals surface area contributed by atoms with Gasteiger partial charge in [-0.1, -0.05) is 41.9 Å². The van der Waals surface area contributed by atoms with E-state index in [-0.39, 0.29) is 24.8 Å². The van der Waals surface area contributed by atoms with Crippen molar-refractivity contribution < 1.29 is 24.2 Å². The molecule has 10 heteroatoms. The van der Waals surface area contributed by atoms with E-state index in [4.69, 9.17) is 21.1 Å². The summed E-state index contributed by atoms with van der Waals surface area (Å²) in [7, 11) is 3.05. The quantitative estimate of drug-likeness (QED) is 0.298. The molecule has 0 aliphatic carbocycles. The summed E-state index contributed by atoms with van der Waals surface area (Å²) in [5.41, 5.74) is 2.95. The highest BCUT2D eigenvalue weighted by molar-refractivity contribution is 6.31. The van der Waals surface area contributed by atoms with Gasteiger partial charge in [0, 0.05) is 39.9 Å². The van der Waals surface area contributed by atoms with Gasteiger partial charge >= 0.3 is 5.97 Å². The molecular weight excluding hydrogens is 534 g/mol. The van der Waals surface area contributed by atoms with Crippen molar-refractivity contribution in [3.8, 4) is 22.6 Å². The number of benzene rings is 3. The Morgan fingerprint density at radius 3 is 2.50 bits per heavy atom. The first kappa shape index (κ1) is 27.0. The van der Waals surface area contributed by atoms with E-state index in [2.05, 4.69) is 10.1 Å². The van der Waals surface area contributed by atoms with Gasteiger partial charge < -0.3 is 19.6 Å². The Hall–Kier alpha value is -4.63. The number of aliphatic carboxylic acids is 1. The SMILES string of the molecule is COc1ccc(OC)c([C@H]2CC(c3c(-c4ccccc4)c4cc(Cl)ccc4[nH]c3=O)=NN2C(=O)CCC(=O)O)c1. The van der Waals surface area contributed by atoms with Crippen molar-refractivity contribution in [3.05, 3.63) is 93.2 Å². The van der Waals surface area contributed by atoms with Gasteiger partial charge in [-0.25, -0.2) is 5.01 Å². The van der Waals surface area contributed by atoms with Crippen LogP contribution in [0.25, 0.3) is 22.0 Å². The molecule has 1 aliphatic heterocycles. The van der Waals surface area contributed by atoms with E-state index in [1.54, 1.807) is 36.4 Å². The molecule has 40 heavy (non-hydrogen) atoms. The number of H-pyrrole nitrogens is 1. The number of carboxylic acid groups (broad SMARTS) is 1. The highest BCUT2D eigenvalue weighted by Crippen LogP contribution is 2.41. The first-order valence-electron chi connectivity index (χ1n) is 12.5. The molecule has 1 amide bonds. The van der Waals surface area contributed by atoms with Crippen molar-refractivity contribution in [1.29, 1.82) is 0 Å². The number of carboxylic acids is 1. The van der Waals surface area contributed by atoms with E-state index in [1.807, 2.05) is 30.3 Å². The molecule has 0 spiro atoms. The van der Waals surface area contributed by atoms with Gasteiger partial charge in [0.2, 0.25) is 5.91 Å². The second-order valence-corrected chi connectivity index (χ2v) is 9.70. The number of nitrogens with one attached hydrogen (secondary N) is 1. The lowest BCUT2D eigenvalue weighted by atomic mass is 9.90. The lowest BCUT2D eigenvalue weighted by molar-refractivity contribution is -0.141. The number of nitrogens with zero attached hydrogens (tertiary/aromatic N) is 2. The standard InChI is InChI=1S/C30H26ClN3O6/c1-39-19-9-11-25(40-2)21(15-19)24-16-23(33-34(24)26(35)12-13-27(36)37)29-28(17-6-4-3-5-7-17)20-14-18(31)8-10-22(20)32-30(29)38/h3-11,14-15,24H,12-13,16H2,1-2H3,(H,32,38)(H,36,37)/t24-/m1/s1. The van der Waals surface area contributed by atoms with Crippen LogP contribution in [0.4, 0.5) is 0 Å². The zero-order chi connectivity index (χ0) is 28.4. The number of methoxy groups -OCH3 is 2. The lowest BCUT2D eigenvalue weighted by Gasteiger charge is -2.24. The number of ether oxygens (including phenoxy) is 2. The minimum Gasteiger partial charge on any atom is -0.497 e. The topological polar surface area (TPSA) is 121 Å². The largest absolute Gasteiger partial charge is 0.497 e. The highest BCUT2D eigenvalue weighted by Gasteiger charge is 2.37. The number of aromatic amines is 1. The van der Waals surface area contributed by atoms with Crippen LogP contribution in [0.1, 0.15) is 36.4 Å². The van der Waals surface area contributed by atoms with E-state index in [0.717, 1.165) is 10.9 Å². The normalized spacial score (nSPS) is 14.7. The summed E-state index contributed by atoms with van der Waals surface area (Å²) >= 11 is 6.37. The van der Waals surface area contributed by atoms with Gasteiger partial charge in [0.1, 0.15) is 11.5 Å². The van der Waals surface area contributed by atoms with E-state index in [9.17, 15) is 19.5 Å². The number of fused-ring (bicyclic) bond motifs is 1. The molecule has 1 aromatic heterocycles. The molecule has 0 saturated heterocycles. The molecule has 4 aromatic rings. The minimum atomic E-state index is -1.10. The summed E-state index contributed by atoms with van der Waals surface area (Å²) in [6.07, 6.45) is -0.437. The van der Waals surface area contributed by atoms with E-state index < -0.39 is 17.9 Å². The zero-order valence-electron chi connectivity index (χ0n) is 21.8. The van der Waals surface area contributed by atoms with E-state index in [1.165, 1.54) is 19.2 Å². The van der Waals surface area contributed by atoms with Gasteiger partial charge in [-0.05, 0) is 42.0 Å². The van der Waals surface area contributed by atoms with Crippen molar-refractivity contribution in [2.75, 3.05) is 14.2 Å². The number of aromatic nitrogens is 1. The maximum absolute atomic E-state index is 13.7. The summed E-state index contributed by atoms with van der Waals surface area (Å²) in [5, 5.41) is 16.3. The van der Waals surface area contributed by atoms with Gasteiger partial charge in [0.15, 0.2) is 0 Å². The third-order valence-corrected chi connectivity index (χ3v) is 7.08. The van der Waals surface area contributed by atoms with Gasteiger partial charge in [-0.3, -0.25) is 14.4 Å². The van der Waals surface area contributed by atoms with Gasteiger partial charge in [0.05, 0.1) is 38.0 Å². The molecular formula is C30H26ClN3O6. The summed E-state index contributed by atoms with van der Waals surface area (Å²) in [4.78, 5) is 41.2. The van der Waals surface area contributed by atoms with Crippen LogP contribution < -0.4 is 15.0 Å². The first-order chi connectivity index (χ1) is 19.3. The molecule has 2 N–H and O–H groups in total. The molecule has 0 saturated carbocycles. The Morgan fingerprint density at radius 2 is 1.80 bits per heavy atom. The predicted octanol–water partition coefficient (Wildman–Crippen LogP) is 5.41. The smallest absolute Gasteiger partial charge is 0.303 e. The Kier molecular flexibility index (Phi) is 7.57. The molecule has 2 heterocycles. The van der Waals surface area contributed by atoms with Gasteiger partial charge in [-0.2, -0.15) is 5.10 Å². The first-order valence-corrected chi connectivity index (χ1v) is 12.9. The number of pyridine rings is 1. The number of amides is 1. The van der Waals surface area contributed by atoms with Crippen LogP contribution in [-0.2, 0) is 9.59 Å². The Labute approximate surface area is 234 Å².